The summed E-state index contributed by atoms with van der Waals surface area (Å²) in [6, 6.07) is 0. The van der Waals surface area contributed by atoms with Crippen LogP contribution in [0.15, 0.2) is 0 Å². The zero-order valence-electron chi connectivity index (χ0n) is 12.5. The first kappa shape index (κ1) is 13.1. The third kappa shape index (κ3) is 2.31. The number of hydrogen-bond donors (Lipinski definition) is 0. The van der Waals surface area contributed by atoms with E-state index in [0.717, 1.165) is 0 Å². The average molecular weight is 278 g/mol. The van der Waals surface area contributed by atoms with Gasteiger partial charge < -0.3 is 0 Å². The molecule has 108 valence electrons. The molecule has 4 rings (SSSR count). The predicted octanol–water partition coefficient (Wildman–Crippen LogP) is 5.93. The number of rotatable bonds is 1. The van der Waals surface area contributed by atoms with Gasteiger partial charge in [-0.3, -0.25) is 0 Å². The second-order valence-electron chi connectivity index (χ2n) is 7.77. The van der Waals surface area contributed by atoms with Gasteiger partial charge in [-0.05, 0) is 67.3 Å². The summed E-state index contributed by atoms with van der Waals surface area (Å²) >= 11 is 0. The van der Waals surface area contributed by atoms with Crippen molar-refractivity contribution in [3.8, 4) is 0 Å². The Hall–Kier alpha value is 0.430. The third-order valence-electron chi connectivity index (χ3n) is 6.88. The maximum atomic E-state index is 1.64. The summed E-state index contributed by atoms with van der Waals surface area (Å²) in [5.74, 6) is 2.40. The molecule has 1 heteroatoms. The van der Waals surface area contributed by atoms with Gasteiger partial charge in [0.1, 0.15) is 0 Å². The second-order valence-corrected chi connectivity index (χ2v) is 10.7. The standard InChI is InChI=1S/C18H31P/c1-2-8-14(9-3-1)19-17-12-6-4-10-15(17)16-11-5-7-13-18(16)19/h14-18H,1-13H2. The van der Waals surface area contributed by atoms with E-state index in [4.69, 9.17) is 0 Å². The maximum Gasteiger partial charge on any atom is -0.0173 e. The Labute approximate surface area is 120 Å². The fraction of sp³-hybridized carbons (Fsp3) is 1.00. The van der Waals surface area contributed by atoms with E-state index in [9.17, 15) is 0 Å². The van der Waals surface area contributed by atoms with Crippen molar-refractivity contribution in [2.75, 3.05) is 0 Å². The molecule has 1 aliphatic heterocycles. The fourth-order valence-electron chi connectivity index (χ4n) is 6.19. The van der Waals surface area contributed by atoms with Crippen molar-refractivity contribution in [1.29, 1.82) is 0 Å². The van der Waals surface area contributed by atoms with Gasteiger partial charge >= 0.3 is 0 Å². The number of fused-ring (bicyclic) bond motifs is 3. The van der Waals surface area contributed by atoms with Crippen LogP contribution < -0.4 is 0 Å². The van der Waals surface area contributed by atoms with E-state index in [2.05, 4.69) is 0 Å². The Morgan fingerprint density at radius 1 is 0.474 bits per heavy atom. The highest BCUT2D eigenvalue weighted by molar-refractivity contribution is 7.60. The molecule has 0 bridgehead atoms. The van der Waals surface area contributed by atoms with Crippen LogP contribution in [0, 0.1) is 11.8 Å². The zero-order chi connectivity index (χ0) is 12.7. The summed E-state index contributed by atoms with van der Waals surface area (Å²) in [7, 11) is 0.422. The molecule has 0 nitrogen and oxygen atoms in total. The molecule has 0 amide bonds. The van der Waals surface area contributed by atoms with Crippen molar-refractivity contribution in [2.24, 2.45) is 11.8 Å². The van der Waals surface area contributed by atoms with E-state index in [1.165, 1.54) is 28.8 Å². The van der Waals surface area contributed by atoms with Crippen LogP contribution in [0.5, 0.6) is 0 Å². The van der Waals surface area contributed by atoms with Gasteiger partial charge in [0, 0.05) is 0 Å². The van der Waals surface area contributed by atoms with Gasteiger partial charge in [-0.2, -0.15) is 0 Å². The van der Waals surface area contributed by atoms with Gasteiger partial charge in [-0.25, -0.2) is 0 Å². The van der Waals surface area contributed by atoms with E-state index >= 15 is 0 Å². The molecule has 4 unspecified atom stereocenters. The van der Waals surface area contributed by atoms with Crippen LogP contribution in [0.4, 0.5) is 0 Å². The van der Waals surface area contributed by atoms with Crippen LogP contribution in [0.3, 0.4) is 0 Å². The van der Waals surface area contributed by atoms with Crippen LogP contribution in [0.1, 0.15) is 83.5 Å². The second kappa shape index (κ2) is 5.67. The lowest BCUT2D eigenvalue weighted by molar-refractivity contribution is 0.231. The van der Waals surface area contributed by atoms with Crippen LogP contribution in [0.2, 0.25) is 0 Å². The first-order valence-electron chi connectivity index (χ1n) is 9.22. The van der Waals surface area contributed by atoms with Gasteiger partial charge in [-0.1, -0.05) is 52.9 Å². The Kier molecular flexibility index (Phi) is 3.91. The normalized spacial score (nSPS) is 47.7. The predicted molar refractivity (Wildman–Crippen MR) is 85.3 cm³/mol. The molecule has 0 spiro atoms. The highest BCUT2D eigenvalue weighted by Crippen LogP contribution is 2.71. The molecule has 1 saturated heterocycles. The molecular weight excluding hydrogens is 247 g/mol. The quantitative estimate of drug-likeness (QED) is 0.521. The SMILES string of the molecule is C1CCC(P2C3CCCCC3C3CCCCC32)CC1. The van der Waals surface area contributed by atoms with Gasteiger partial charge in [-0.15, -0.1) is 0 Å². The molecule has 19 heavy (non-hydrogen) atoms. The topological polar surface area (TPSA) is 0 Å². The monoisotopic (exact) mass is 278 g/mol. The first-order chi connectivity index (χ1) is 9.45. The maximum absolute atomic E-state index is 1.64. The minimum Gasteiger partial charge on any atom is -0.0966 e. The van der Waals surface area contributed by atoms with Crippen molar-refractivity contribution >= 4 is 7.92 Å². The summed E-state index contributed by atoms with van der Waals surface area (Å²) < 4.78 is 0. The van der Waals surface area contributed by atoms with Crippen LogP contribution >= 0.6 is 7.92 Å². The lowest BCUT2D eigenvalue weighted by Gasteiger charge is -2.38. The molecular formula is C18H31P. The number of hydrogen-bond acceptors (Lipinski definition) is 0. The summed E-state index contributed by atoms with van der Waals surface area (Å²) in [5, 5.41) is 0. The summed E-state index contributed by atoms with van der Waals surface area (Å²) in [6.45, 7) is 0. The van der Waals surface area contributed by atoms with E-state index < -0.39 is 0 Å². The van der Waals surface area contributed by atoms with E-state index in [1.807, 2.05) is 0 Å². The molecule has 4 fully saturated rings. The molecule has 4 aliphatic rings. The molecule has 0 radical (unpaired) electrons. The highest BCUT2D eigenvalue weighted by Gasteiger charge is 2.52. The molecule has 0 aromatic rings. The Morgan fingerprint density at radius 2 is 0.947 bits per heavy atom. The van der Waals surface area contributed by atoms with Crippen LogP contribution in [-0.4, -0.2) is 17.0 Å². The molecule has 0 aromatic heterocycles. The lowest BCUT2D eigenvalue weighted by Crippen LogP contribution is -2.26. The first-order valence-corrected chi connectivity index (χ1v) is 10.8. The van der Waals surface area contributed by atoms with Crippen LogP contribution in [0.25, 0.3) is 0 Å². The van der Waals surface area contributed by atoms with Gasteiger partial charge in [0.15, 0.2) is 0 Å². The van der Waals surface area contributed by atoms with Gasteiger partial charge in [0.05, 0.1) is 0 Å². The van der Waals surface area contributed by atoms with Crippen molar-refractivity contribution in [3.05, 3.63) is 0 Å². The Bertz CT molecular complexity index is 285. The molecule has 0 aromatic carbocycles. The van der Waals surface area contributed by atoms with E-state index in [0.29, 0.717) is 7.92 Å². The molecule has 4 atom stereocenters. The van der Waals surface area contributed by atoms with E-state index in [-0.39, 0.29) is 0 Å². The molecule has 0 N–H and O–H groups in total. The van der Waals surface area contributed by atoms with Crippen molar-refractivity contribution in [2.45, 2.75) is 100 Å². The molecule has 3 aliphatic carbocycles. The fourth-order valence-corrected chi connectivity index (χ4v) is 11.3. The largest absolute Gasteiger partial charge is 0.0966 e. The Balaban J connectivity index is 1.59. The van der Waals surface area contributed by atoms with Crippen molar-refractivity contribution in [3.63, 3.8) is 0 Å². The summed E-state index contributed by atoms with van der Waals surface area (Å²) in [6.07, 6.45) is 20.7. The molecule has 3 saturated carbocycles. The summed E-state index contributed by atoms with van der Waals surface area (Å²) in [4.78, 5) is 0. The smallest absolute Gasteiger partial charge is 0.0173 e. The van der Waals surface area contributed by atoms with Crippen LogP contribution in [-0.2, 0) is 0 Å². The molecule has 1 heterocycles. The average Bonchev–Trinajstić information content (AvgIpc) is 2.83. The summed E-state index contributed by atoms with van der Waals surface area (Å²) in [5.41, 5.74) is 3.68. The van der Waals surface area contributed by atoms with Gasteiger partial charge in [0.2, 0.25) is 0 Å². The highest BCUT2D eigenvalue weighted by atomic mass is 31.1. The lowest BCUT2D eigenvalue weighted by atomic mass is 9.73. The van der Waals surface area contributed by atoms with Crippen molar-refractivity contribution < 1.29 is 0 Å². The minimum atomic E-state index is 0.422. The van der Waals surface area contributed by atoms with E-state index in [1.54, 1.807) is 83.5 Å². The zero-order valence-corrected chi connectivity index (χ0v) is 13.4. The minimum absolute atomic E-state index is 0.422. The Morgan fingerprint density at radius 3 is 1.53 bits per heavy atom. The van der Waals surface area contributed by atoms with Gasteiger partial charge in [0.25, 0.3) is 0 Å². The van der Waals surface area contributed by atoms with Crippen molar-refractivity contribution in [1.82, 2.24) is 0 Å². The third-order valence-corrected chi connectivity index (χ3v) is 11.0.